The van der Waals surface area contributed by atoms with Crippen molar-refractivity contribution in [3.05, 3.63) is 119 Å². The van der Waals surface area contributed by atoms with E-state index in [-0.39, 0.29) is 23.1 Å². The molecule has 0 radical (unpaired) electrons. The van der Waals surface area contributed by atoms with E-state index in [1.54, 1.807) is 48.5 Å². The largest absolute Gasteiger partial charge is 0.484 e. The average Bonchev–Trinajstić information content (AvgIpc) is 2.96. The van der Waals surface area contributed by atoms with Crippen molar-refractivity contribution < 1.29 is 22.7 Å². The first-order valence-corrected chi connectivity index (χ1v) is 14.3. The van der Waals surface area contributed by atoms with E-state index in [0.717, 1.165) is 4.31 Å². The predicted molar refractivity (Wildman–Crippen MR) is 160 cm³/mol. The normalized spacial score (nSPS) is 11.2. The summed E-state index contributed by atoms with van der Waals surface area (Å²) in [5, 5.41) is 7.34. The molecule has 4 rings (SSSR count). The zero-order chi connectivity index (χ0) is 29.2. The summed E-state index contributed by atoms with van der Waals surface area (Å²) in [6.45, 7) is -0.721. The number of hydrogen-bond acceptors (Lipinski definition) is 6. The quantitative estimate of drug-likeness (QED) is 0.175. The van der Waals surface area contributed by atoms with E-state index < -0.39 is 22.5 Å². The van der Waals surface area contributed by atoms with Crippen LogP contribution >= 0.6 is 23.2 Å². The fourth-order valence-electron chi connectivity index (χ4n) is 3.54. The number of hydrogen-bond donors (Lipinski definition) is 2. The second-order valence-electron chi connectivity index (χ2n) is 8.51. The van der Waals surface area contributed by atoms with Gasteiger partial charge in [0, 0.05) is 15.7 Å². The molecule has 0 aliphatic rings. The maximum atomic E-state index is 13.4. The van der Waals surface area contributed by atoms with Crippen LogP contribution in [-0.4, -0.2) is 39.6 Å². The lowest BCUT2D eigenvalue weighted by molar-refractivity contribution is -0.119. The van der Waals surface area contributed by atoms with Gasteiger partial charge < -0.3 is 10.1 Å². The Bertz CT molecular complexity index is 1630. The Hall–Kier alpha value is -4.38. The lowest BCUT2D eigenvalue weighted by Gasteiger charge is -2.23. The van der Waals surface area contributed by atoms with Gasteiger partial charge >= 0.3 is 0 Å². The first kappa shape index (κ1) is 29.6. The first-order valence-electron chi connectivity index (χ1n) is 12.1. The summed E-state index contributed by atoms with van der Waals surface area (Å²) in [5.74, 6) is -0.503. The van der Waals surface area contributed by atoms with Crippen LogP contribution in [0.4, 0.5) is 11.4 Å². The molecule has 4 aromatic rings. The monoisotopic (exact) mass is 610 g/mol. The van der Waals surface area contributed by atoms with E-state index in [2.05, 4.69) is 15.8 Å². The van der Waals surface area contributed by atoms with Crippen molar-refractivity contribution in [3.63, 3.8) is 0 Å². The molecule has 2 amide bonds. The first-order chi connectivity index (χ1) is 19.7. The van der Waals surface area contributed by atoms with Crippen molar-refractivity contribution in [2.45, 2.75) is 4.90 Å². The number of nitrogens with one attached hydrogen (secondary N) is 2. The topological polar surface area (TPSA) is 117 Å². The molecule has 0 heterocycles. The summed E-state index contributed by atoms with van der Waals surface area (Å²) in [6.07, 6.45) is 1.39. The Balaban J connectivity index is 1.36. The van der Waals surface area contributed by atoms with Crippen molar-refractivity contribution in [1.82, 2.24) is 5.43 Å². The van der Waals surface area contributed by atoms with Gasteiger partial charge in [0.15, 0.2) is 6.61 Å². The maximum Gasteiger partial charge on any atom is 0.264 e. The van der Waals surface area contributed by atoms with Gasteiger partial charge in [-0.05, 0) is 84.4 Å². The Kier molecular flexibility index (Phi) is 9.96. The van der Waals surface area contributed by atoms with Gasteiger partial charge in [-0.25, -0.2) is 13.8 Å². The fraction of sp³-hybridized carbons (Fsp3) is 0.0690. The summed E-state index contributed by atoms with van der Waals surface area (Å²) in [4.78, 5) is 24.7. The van der Waals surface area contributed by atoms with Gasteiger partial charge in [0.2, 0.25) is 0 Å². The second-order valence-corrected chi connectivity index (χ2v) is 11.2. The van der Waals surface area contributed by atoms with Crippen LogP contribution in [0.15, 0.2) is 113 Å². The number of para-hydroxylation sites is 1. The van der Waals surface area contributed by atoms with Crippen LogP contribution < -0.4 is 19.8 Å². The summed E-state index contributed by atoms with van der Waals surface area (Å²) in [7, 11) is -4.13. The number of anilines is 2. The molecule has 0 spiro atoms. The molecule has 0 bridgehead atoms. The van der Waals surface area contributed by atoms with Crippen LogP contribution in [0.25, 0.3) is 0 Å². The van der Waals surface area contributed by atoms with Crippen LogP contribution in [0.3, 0.4) is 0 Å². The van der Waals surface area contributed by atoms with Gasteiger partial charge in [-0.2, -0.15) is 5.10 Å². The average molecular weight is 612 g/mol. The molecule has 0 aromatic heterocycles. The molecule has 210 valence electrons. The molecule has 0 fully saturated rings. The summed E-state index contributed by atoms with van der Waals surface area (Å²) in [5.41, 5.74) is 3.86. The Morgan fingerprint density at radius 3 is 2.22 bits per heavy atom. The van der Waals surface area contributed by atoms with Crippen molar-refractivity contribution in [2.24, 2.45) is 5.10 Å². The molecular weight excluding hydrogens is 587 g/mol. The third-order valence-corrected chi connectivity index (χ3v) is 7.77. The number of ether oxygens (including phenoxy) is 1. The number of amides is 2. The van der Waals surface area contributed by atoms with Crippen molar-refractivity contribution in [1.29, 1.82) is 0 Å². The maximum absolute atomic E-state index is 13.4. The third kappa shape index (κ3) is 8.55. The Labute approximate surface area is 247 Å². The minimum Gasteiger partial charge on any atom is -0.484 e. The standard InChI is InChI=1S/C29H24Cl2N4O5S/c30-22-11-15-27(16-12-22)41(38,39)35(25-8-4-5-23(31)17-25)19-28(36)34-32-18-21-9-13-26(14-10-21)40-20-29(37)33-24-6-2-1-3-7-24/h1-18H,19-20H2,(H,33,37)(H,34,36)/b32-18-. The number of nitrogens with zero attached hydrogens (tertiary/aromatic N) is 2. The molecule has 9 nitrogen and oxygen atoms in total. The van der Waals surface area contributed by atoms with Crippen LogP contribution in [0, 0.1) is 0 Å². The summed E-state index contributed by atoms with van der Waals surface area (Å²) in [6, 6.07) is 27.5. The number of benzene rings is 4. The van der Waals surface area contributed by atoms with Crippen molar-refractivity contribution >= 4 is 62.6 Å². The minimum atomic E-state index is -4.13. The van der Waals surface area contributed by atoms with Gasteiger partial charge in [0.25, 0.3) is 21.8 Å². The number of sulfonamides is 1. The molecule has 12 heteroatoms. The minimum absolute atomic E-state index is 0.0435. The van der Waals surface area contributed by atoms with Gasteiger partial charge in [-0.1, -0.05) is 47.5 Å². The second kappa shape index (κ2) is 13.8. The van der Waals surface area contributed by atoms with E-state index in [9.17, 15) is 18.0 Å². The van der Waals surface area contributed by atoms with Gasteiger partial charge in [-0.15, -0.1) is 0 Å². The van der Waals surface area contributed by atoms with Gasteiger partial charge in [-0.3, -0.25) is 13.9 Å². The summed E-state index contributed by atoms with van der Waals surface area (Å²) < 4.78 is 33.2. The van der Waals surface area contributed by atoms with E-state index in [1.165, 1.54) is 42.6 Å². The van der Waals surface area contributed by atoms with Gasteiger partial charge in [0.1, 0.15) is 12.3 Å². The number of carbonyl (C=O) groups excluding carboxylic acids is 2. The zero-order valence-electron chi connectivity index (χ0n) is 21.4. The predicted octanol–water partition coefficient (Wildman–Crippen LogP) is 5.36. The number of carbonyl (C=O) groups is 2. The highest BCUT2D eigenvalue weighted by Gasteiger charge is 2.27. The highest BCUT2D eigenvalue weighted by molar-refractivity contribution is 7.92. The number of halogens is 2. The smallest absolute Gasteiger partial charge is 0.264 e. The van der Waals surface area contributed by atoms with Gasteiger partial charge in [0.05, 0.1) is 16.8 Å². The van der Waals surface area contributed by atoms with Crippen LogP contribution in [0.5, 0.6) is 5.75 Å². The van der Waals surface area contributed by atoms with E-state index in [0.29, 0.717) is 27.0 Å². The molecular formula is C29H24Cl2N4O5S. The molecule has 0 aliphatic heterocycles. The Morgan fingerprint density at radius 1 is 0.829 bits per heavy atom. The molecule has 0 aliphatic carbocycles. The van der Waals surface area contributed by atoms with Crippen LogP contribution in [-0.2, 0) is 19.6 Å². The number of rotatable bonds is 11. The lowest BCUT2D eigenvalue weighted by atomic mass is 10.2. The highest BCUT2D eigenvalue weighted by Crippen LogP contribution is 2.26. The fourth-order valence-corrected chi connectivity index (χ4v) is 5.27. The van der Waals surface area contributed by atoms with Crippen molar-refractivity contribution in [3.8, 4) is 5.75 Å². The van der Waals surface area contributed by atoms with Crippen LogP contribution in [0.1, 0.15) is 5.56 Å². The van der Waals surface area contributed by atoms with E-state index in [1.807, 2.05) is 18.2 Å². The lowest BCUT2D eigenvalue weighted by Crippen LogP contribution is -2.39. The molecule has 2 N–H and O–H groups in total. The Morgan fingerprint density at radius 2 is 1.54 bits per heavy atom. The van der Waals surface area contributed by atoms with E-state index in [4.69, 9.17) is 27.9 Å². The zero-order valence-corrected chi connectivity index (χ0v) is 23.7. The van der Waals surface area contributed by atoms with Crippen molar-refractivity contribution in [2.75, 3.05) is 22.8 Å². The molecule has 0 saturated carbocycles. The third-order valence-electron chi connectivity index (χ3n) is 5.50. The van der Waals surface area contributed by atoms with E-state index >= 15 is 0 Å². The molecule has 4 aromatic carbocycles. The molecule has 41 heavy (non-hydrogen) atoms. The van der Waals surface area contributed by atoms with Crippen LogP contribution in [0.2, 0.25) is 10.0 Å². The highest BCUT2D eigenvalue weighted by atomic mass is 35.5. The summed E-state index contributed by atoms with van der Waals surface area (Å²) >= 11 is 12.0. The molecule has 0 unspecified atom stereocenters. The molecule has 0 atom stereocenters. The SMILES string of the molecule is O=C(CN(c1cccc(Cl)c1)S(=O)(=O)c1ccc(Cl)cc1)N/N=C\c1ccc(OCC(=O)Nc2ccccc2)cc1. The number of hydrazone groups is 1. The molecule has 0 saturated heterocycles.